The smallest absolute Gasteiger partial charge is 0.126 e. The second-order valence-corrected chi connectivity index (χ2v) is 5.38. The van der Waals surface area contributed by atoms with Crippen molar-refractivity contribution in [2.24, 2.45) is 0 Å². The number of benzene rings is 1. The highest BCUT2D eigenvalue weighted by Crippen LogP contribution is 2.35. The number of aryl methyl sites for hydroxylation is 1. The van der Waals surface area contributed by atoms with E-state index in [1.54, 1.807) is 10.9 Å². The topological polar surface area (TPSA) is 47.3 Å². The van der Waals surface area contributed by atoms with Gasteiger partial charge in [0.25, 0.3) is 0 Å². The van der Waals surface area contributed by atoms with Crippen molar-refractivity contribution in [1.29, 1.82) is 0 Å². The Hall–Kier alpha value is -1.52. The van der Waals surface area contributed by atoms with Gasteiger partial charge in [-0.25, -0.2) is 0 Å². The van der Waals surface area contributed by atoms with Crippen LogP contribution in [0.1, 0.15) is 29.8 Å². The van der Waals surface area contributed by atoms with Gasteiger partial charge in [-0.15, -0.1) is 0 Å². The second-order valence-electron chi connectivity index (χ2n) is 4.94. The molecule has 1 N–H and O–H groups in total. The summed E-state index contributed by atoms with van der Waals surface area (Å²) in [5.74, 6) is 0.885. The van der Waals surface area contributed by atoms with Gasteiger partial charge >= 0.3 is 0 Å². The van der Waals surface area contributed by atoms with Gasteiger partial charge in [0.05, 0.1) is 18.4 Å². The molecule has 1 aromatic carbocycles. The number of aromatic nitrogens is 2. The average molecular weight is 293 g/mol. The van der Waals surface area contributed by atoms with E-state index in [1.165, 1.54) is 0 Å². The molecule has 5 heteroatoms. The van der Waals surface area contributed by atoms with E-state index in [2.05, 4.69) is 5.10 Å². The predicted molar refractivity (Wildman–Crippen MR) is 77.2 cm³/mol. The molecule has 1 aliphatic rings. The van der Waals surface area contributed by atoms with E-state index in [1.807, 2.05) is 25.1 Å². The summed E-state index contributed by atoms with van der Waals surface area (Å²) >= 11 is 6.14. The zero-order chi connectivity index (χ0) is 14.1. The quantitative estimate of drug-likeness (QED) is 0.942. The summed E-state index contributed by atoms with van der Waals surface area (Å²) in [6.45, 7) is 3.43. The van der Waals surface area contributed by atoms with Gasteiger partial charge in [-0.05, 0) is 36.2 Å². The molecular formula is C15H17ClN2O2. The van der Waals surface area contributed by atoms with Crippen LogP contribution in [-0.4, -0.2) is 21.5 Å². The van der Waals surface area contributed by atoms with Crippen molar-refractivity contribution in [3.8, 4) is 5.75 Å². The summed E-state index contributed by atoms with van der Waals surface area (Å²) in [6.07, 6.45) is 2.46. The monoisotopic (exact) mass is 292 g/mol. The summed E-state index contributed by atoms with van der Waals surface area (Å²) in [6, 6.07) is 5.66. The molecule has 1 atom stereocenters. The second kappa shape index (κ2) is 5.46. The van der Waals surface area contributed by atoms with Gasteiger partial charge in [-0.2, -0.15) is 5.10 Å². The molecule has 2 aromatic rings. The van der Waals surface area contributed by atoms with E-state index >= 15 is 0 Å². The molecule has 1 unspecified atom stereocenters. The third-order valence-electron chi connectivity index (χ3n) is 3.63. The lowest BCUT2D eigenvalue weighted by molar-refractivity contribution is 0.166. The highest BCUT2D eigenvalue weighted by atomic mass is 35.5. The summed E-state index contributed by atoms with van der Waals surface area (Å²) in [4.78, 5) is 0. The fourth-order valence-corrected chi connectivity index (χ4v) is 2.96. The van der Waals surface area contributed by atoms with Gasteiger partial charge in [0.2, 0.25) is 0 Å². The third-order valence-corrected chi connectivity index (χ3v) is 3.85. The molecule has 0 radical (unpaired) electrons. The van der Waals surface area contributed by atoms with Crippen molar-refractivity contribution >= 4 is 11.6 Å². The molecule has 0 spiro atoms. The summed E-state index contributed by atoms with van der Waals surface area (Å²) < 4.78 is 7.47. The maximum absolute atomic E-state index is 10.4. The van der Waals surface area contributed by atoms with Crippen LogP contribution in [0.5, 0.6) is 5.75 Å². The molecule has 1 aliphatic heterocycles. The first kappa shape index (κ1) is 13.5. The minimum absolute atomic E-state index is 0.481. The van der Waals surface area contributed by atoms with Crippen LogP contribution in [0.4, 0.5) is 0 Å². The van der Waals surface area contributed by atoms with Crippen molar-refractivity contribution in [1.82, 2.24) is 9.78 Å². The summed E-state index contributed by atoms with van der Waals surface area (Å²) in [5, 5.41) is 15.3. The molecule has 0 saturated carbocycles. The molecule has 106 valence electrons. The minimum Gasteiger partial charge on any atom is -0.493 e. The van der Waals surface area contributed by atoms with Gasteiger partial charge < -0.3 is 9.84 Å². The van der Waals surface area contributed by atoms with Crippen LogP contribution in [0.15, 0.2) is 24.4 Å². The average Bonchev–Trinajstić information content (AvgIpc) is 3.06. The highest BCUT2D eigenvalue weighted by Gasteiger charge is 2.21. The lowest BCUT2D eigenvalue weighted by atomic mass is 10.0. The largest absolute Gasteiger partial charge is 0.493 e. The Morgan fingerprint density at radius 1 is 1.50 bits per heavy atom. The SMILES string of the molecule is CCn1nccc1C(O)Cc1cc(Cl)cc2c1OCC2. The van der Waals surface area contributed by atoms with Crippen molar-refractivity contribution < 1.29 is 9.84 Å². The van der Waals surface area contributed by atoms with Gasteiger partial charge in [0.1, 0.15) is 5.75 Å². The number of aliphatic hydroxyl groups excluding tert-OH is 1. The van der Waals surface area contributed by atoms with E-state index in [0.29, 0.717) is 18.1 Å². The predicted octanol–water partition coefficient (Wildman–Crippen LogP) is 2.77. The third kappa shape index (κ3) is 2.41. The minimum atomic E-state index is -0.607. The molecule has 2 heterocycles. The molecule has 0 amide bonds. The van der Waals surface area contributed by atoms with Crippen LogP contribution >= 0.6 is 11.6 Å². The maximum Gasteiger partial charge on any atom is 0.126 e. The number of hydrogen-bond donors (Lipinski definition) is 1. The van der Waals surface area contributed by atoms with Gasteiger partial charge in [0.15, 0.2) is 0 Å². The van der Waals surface area contributed by atoms with E-state index in [4.69, 9.17) is 16.3 Å². The molecule has 1 aromatic heterocycles. The Morgan fingerprint density at radius 2 is 2.35 bits per heavy atom. The number of hydrogen-bond acceptors (Lipinski definition) is 3. The van der Waals surface area contributed by atoms with Crippen LogP contribution in [0.2, 0.25) is 5.02 Å². The molecular weight excluding hydrogens is 276 g/mol. The molecule has 0 aliphatic carbocycles. The maximum atomic E-state index is 10.4. The number of rotatable bonds is 4. The molecule has 3 rings (SSSR count). The van der Waals surface area contributed by atoms with E-state index < -0.39 is 6.10 Å². The fourth-order valence-electron chi connectivity index (χ4n) is 2.70. The zero-order valence-electron chi connectivity index (χ0n) is 11.3. The van der Waals surface area contributed by atoms with Crippen LogP contribution in [-0.2, 0) is 19.4 Å². The summed E-state index contributed by atoms with van der Waals surface area (Å²) in [7, 11) is 0. The van der Waals surface area contributed by atoms with E-state index in [0.717, 1.165) is 35.5 Å². The van der Waals surface area contributed by atoms with Crippen LogP contribution in [0.3, 0.4) is 0 Å². The van der Waals surface area contributed by atoms with Crippen LogP contribution in [0, 0.1) is 0 Å². The normalized spacial score (nSPS) is 14.9. The molecule has 0 saturated heterocycles. The molecule has 20 heavy (non-hydrogen) atoms. The Labute approximate surface area is 122 Å². The first-order valence-electron chi connectivity index (χ1n) is 6.83. The standard InChI is InChI=1S/C15H17ClN2O2/c1-2-18-13(3-5-17-18)14(19)9-11-8-12(16)7-10-4-6-20-15(10)11/h3,5,7-8,14,19H,2,4,6,9H2,1H3. The van der Waals surface area contributed by atoms with Crippen LogP contribution < -0.4 is 4.74 Å². The highest BCUT2D eigenvalue weighted by molar-refractivity contribution is 6.30. The van der Waals surface area contributed by atoms with Gasteiger partial charge in [-0.1, -0.05) is 11.6 Å². The van der Waals surface area contributed by atoms with Gasteiger partial charge in [-0.3, -0.25) is 4.68 Å². The number of fused-ring (bicyclic) bond motifs is 1. The first-order chi connectivity index (χ1) is 9.69. The first-order valence-corrected chi connectivity index (χ1v) is 7.20. The summed E-state index contributed by atoms with van der Waals surface area (Å²) in [5.41, 5.74) is 2.91. The molecule has 0 fully saturated rings. The van der Waals surface area contributed by atoms with Crippen molar-refractivity contribution in [3.05, 3.63) is 46.2 Å². The number of halogens is 1. The Morgan fingerprint density at radius 3 is 3.15 bits per heavy atom. The van der Waals surface area contributed by atoms with E-state index in [9.17, 15) is 5.11 Å². The van der Waals surface area contributed by atoms with Crippen molar-refractivity contribution in [2.75, 3.05) is 6.61 Å². The van der Waals surface area contributed by atoms with Gasteiger partial charge in [0, 0.05) is 30.6 Å². The van der Waals surface area contributed by atoms with Crippen LogP contribution in [0.25, 0.3) is 0 Å². The molecule has 0 bridgehead atoms. The van der Waals surface area contributed by atoms with Crippen molar-refractivity contribution in [2.45, 2.75) is 32.4 Å². The number of aliphatic hydroxyl groups is 1. The number of ether oxygens (including phenoxy) is 1. The fraction of sp³-hybridized carbons (Fsp3) is 0.400. The lowest BCUT2D eigenvalue weighted by Crippen LogP contribution is -2.10. The van der Waals surface area contributed by atoms with Crippen molar-refractivity contribution in [3.63, 3.8) is 0 Å². The Kier molecular flexibility index (Phi) is 3.68. The van der Waals surface area contributed by atoms with E-state index in [-0.39, 0.29) is 0 Å². The lowest BCUT2D eigenvalue weighted by Gasteiger charge is -2.15. The molecule has 4 nitrogen and oxygen atoms in total. The number of nitrogens with zero attached hydrogens (tertiary/aromatic N) is 2. The Balaban J connectivity index is 1.88. The Bertz CT molecular complexity index is 624. The zero-order valence-corrected chi connectivity index (χ0v) is 12.1.